The predicted octanol–water partition coefficient (Wildman–Crippen LogP) is 5.05. The lowest BCUT2D eigenvalue weighted by molar-refractivity contribution is 0.630. The van der Waals surface area contributed by atoms with E-state index in [4.69, 9.17) is 17.3 Å². The molecule has 2 N–H and O–H groups in total. The third-order valence-electron chi connectivity index (χ3n) is 3.36. The molecule has 4 heteroatoms. The zero-order valence-electron chi connectivity index (χ0n) is 10.9. The number of benzene rings is 2. The molecule has 0 aliphatic heterocycles. The zero-order chi connectivity index (χ0) is 14.3. The molecule has 1 unspecified atom stereocenters. The van der Waals surface area contributed by atoms with E-state index in [9.17, 15) is 4.39 Å². The smallest absolute Gasteiger partial charge is 0.123 e. The van der Waals surface area contributed by atoms with E-state index in [1.807, 2.05) is 31.2 Å². The Balaban J connectivity index is 2.02. The van der Waals surface area contributed by atoms with Crippen LogP contribution in [0.4, 0.5) is 4.39 Å². The van der Waals surface area contributed by atoms with E-state index in [1.165, 1.54) is 12.1 Å². The summed E-state index contributed by atoms with van der Waals surface area (Å²) in [5, 5.41) is 1.60. The van der Waals surface area contributed by atoms with E-state index in [0.717, 1.165) is 26.1 Å². The fourth-order valence-corrected chi connectivity index (χ4v) is 3.42. The molecule has 0 aliphatic rings. The summed E-state index contributed by atoms with van der Waals surface area (Å²) in [7, 11) is 0. The molecule has 3 rings (SSSR count). The molecule has 1 aromatic heterocycles. The summed E-state index contributed by atoms with van der Waals surface area (Å²) in [4.78, 5) is 1.01. The van der Waals surface area contributed by atoms with E-state index in [-0.39, 0.29) is 11.9 Å². The second-order valence-corrected chi connectivity index (χ2v) is 6.34. The minimum Gasteiger partial charge on any atom is -0.320 e. The Morgan fingerprint density at radius 3 is 2.70 bits per heavy atom. The maximum Gasteiger partial charge on any atom is 0.123 e. The molecule has 0 radical (unpaired) electrons. The monoisotopic (exact) mass is 305 g/mol. The number of fused-ring (bicyclic) bond motifs is 1. The molecule has 1 atom stereocenters. The summed E-state index contributed by atoms with van der Waals surface area (Å²) >= 11 is 7.73. The highest BCUT2D eigenvalue weighted by Gasteiger charge is 2.13. The van der Waals surface area contributed by atoms with Crippen molar-refractivity contribution < 1.29 is 4.39 Å². The average molecular weight is 306 g/mol. The Morgan fingerprint density at radius 1 is 1.15 bits per heavy atom. The molecule has 1 nitrogen and oxygen atoms in total. The average Bonchev–Trinajstić information content (AvgIpc) is 2.84. The van der Waals surface area contributed by atoms with Gasteiger partial charge in [-0.25, -0.2) is 4.39 Å². The number of hydrogen-bond donors (Lipinski definition) is 1. The highest BCUT2D eigenvalue weighted by atomic mass is 35.5. The normalized spacial score (nSPS) is 12.8. The molecule has 0 fully saturated rings. The van der Waals surface area contributed by atoms with Crippen LogP contribution in [0.15, 0.2) is 42.5 Å². The quantitative estimate of drug-likeness (QED) is 0.704. The first kappa shape index (κ1) is 13.6. The van der Waals surface area contributed by atoms with Gasteiger partial charge in [-0.05, 0) is 53.8 Å². The van der Waals surface area contributed by atoms with Crippen LogP contribution in [0.5, 0.6) is 0 Å². The summed E-state index contributed by atoms with van der Waals surface area (Å²) in [5.41, 5.74) is 8.29. The van der Waals surface area contributed by atoms with Crippen molar-refractivity contribution in [1.82, 2.24) is 0 Å². The lowest BCUT2D eigenvalue weighted by Crippen LogP contribution is -2.10. The third-order valence-corrected chi connectivity index (χ3v) is 4.97. The molecule has 0 amide bonds. The number of aryl methyl sites for hydroxylation is 1. The van der Waals surface area contributed by atoms with Gasteiger partial charge in [-0.2, -0.15) is 0 Å². The van der Waals surface area contributed by atoms with Gasteiger partial charge < -0.3 is 5.73 Å². The highest BCUT2D eigenvalue weighted by molar-refractivity contribution is 7.19. The van der Waals surface area contributed by atoms with Crippen LogP contribution in [-0.2, 0) is 0 Å². The molecule has 102 valence electrons. The van der Waals surface area contributed by atoms with Gasteiger partial charge >= 0.3 is 0 Å². The maximum absolute atomic E-state index is 13.2. The van der Waals surface area contributed by atoms with Crippen LogP contribution in [-0.4, -0.2) is 0 Å². The molecule has 0 aliphatic carbocycles. The minimum atomic E-state index is -0.242. The first-order chi connectivity index (χ1) is 9.54. The van der Waals surface area contributed by atoms with Gasteiger partial charge in [0.25, 0.3) is 0 Å². The van der Waals surface area contributed by atoms with Crippen LogP contribution in [0.2, 0.25) is 5.02 Å². The van der Waals surface area contributed by atoms with Crippen LogP contribution in [0.1, 0.15) is 22.0 Å². The molecular weight excluding hydrogens is 293 g/mol. The largest absolute Gasteiger partial charge is 0.320 e. The van der Waals surface area contributed by atoms with Gasteiger partial charge in [-0.1, -0.05) is 23.7 Å². The predicted molar refractivity (Wildman–Crippen MR) is 84.0 cm³/mol. The topological polar surface area (TPSA) is 26.0 Å². The molecule has 2 aromatic carbocycles. The summed E-state index contributed by atoms with van der Waals surface area (Å²) < 4.78 is 14.3. The number of rotatable bonds is 2. The summed E-state index contributed by atoms with van der Waals surface area (Å²) in [6.45, 7) is 1.96. The van der Waals surface area contributed by atoms with Gasteiger partial charge in [-0.3, -0.25) is 0 Å². The van der Waals surface area contributed by atoms with Crippen LogP contribution < -0.4 is 5.73 Å². The van der Waals surface area contributed by atoms with Crippen molar-refractivity contribution in [1.29, 1.82) is 0 Å². The van der Waals surface area contributed by atoms with E-state index in [1.54, 1.807) is 17.4 Å². The molecule has 3 aromatic rings. The fraction of sp³-hybridized carbons (Fsp3) is 0.125. The first-order valence-electron chi connectivity index (χ1n) is 6.25. The summed E-state index contributed by atoms with van der Waals surface area (Å²) in [6, 6.07) is 12.3. The van der Waals surface area contributed by atoms with Gasteiger partial charge in [0.2, 0.25) is 0 Å². The van der Waals surface area contributed by atoms with Crippen LogP contribution in [0.3, 0.4) is 0 Å². The first-order valence-corrected chi connectivity index (χ1v) is 7.44. The van der Waals surface area contributed by atoms with Crippen molar-refractivity contribution in [2.24, 2.45) is 5.73 Å². The van der Waals surface area contributed by atoms with Crippen LogP contribution in [0.25, 0.3) is 10.1 Å². The Bertz CT molecular complexity index is 781. The highest BCUT2D eigenvalue weighted by Crippen LogP contribution is 2.33. The second-order valence-electron chi connectivity index (χ2n) is 4.82. The molecule has 0 saturated carbocycles. The molecule has 20 heavy (non-hydrogen) atoms. The maximum atomic E-state index is 13.2. The van der Waals surface area contributed by atoms with E-state index >= 15 is 0 Å². The van der Waals surface area contributed by atoms with E-state index in [2.05, 4.69) is 0 Å². The minimum absolute atomic E-state index is 0.228. The molecule has 0 bridgehead atoms. The second kappa shape index (κ2) is 5.17. The van der Waals surface area contributed by atoms with Crippen LogP contribution in [0, 0.1) is 12.7 Å². The van der Waals surface area contributed by atoms with Gasteiger partial charge in [0, 0.05) is 14.6 Å². The Kier molecular flexibility index (Phi) is 3.50. The molecular formula is C16H13ClFNS. The van der Waals surface area contributed by atoms with Crippen LogP contribution >= 0.6 is 22.9 Å². The third kappa shape index (κ3) is 2.44. The Hall–Kier alpha value is -1.42. The van der Waals surface area contributed by atoms with Gasteiger partial charge in [0.15, 0.2) is 0 Å². The number of nitrogens with two attached hydrogens (primary N) is 1. The van der Waals surface area contributed by atoms with Crippen molar-refractivity contribution >= 4 is 33.0 Å². The lowest BCUT2D eigenvalue weighted by Gasteiger charge is -2.11. The lowest BCUT2D eigenvalue weighted by atomic mass is 10.0. The van der Waals surface area contributed by atoms with E-state index < -0.39 is 0 Å². The molecule has 1 heterocycles. The summed E-state index contributed by atoms with van der Waals surface area (Å²) in [5.74, 6) is -0.228. The van der Waals surface area contributed by atoms with Crippen molar-refractivity contribution in [3.63, 3.8) is 0 Å². The number of hydrogen-bond acceptors (Lipinski definition) is 2. The van der Waals surface area contributed by atoms with Crippen molar-refractivity contribution in [2.45, 2.75) is 13.0 Å². The summed E-state index contributed by atoms with van der Waals surface area (Å²) in [6.07, 6.45) is 0. The fourth-order valence-electron chi connectivity index (χ4n) is 2.15. The SMILES string of the molecule is Cc1ccc(C(N)c2cc3cc(F)ccc3s2)cc1Cl. The molecule has 0 spiro atoms. The van der Waals surface area contributed by atoms with Crippen molar-refractivity contribution in [3.8, 4) is 0 Å². The van der Waals surface area contributed by atoms with Gasteiger partial charge in [0.1, 0.15) is 5.82 Å². The van der Waals surface area contributed by atoms with Crippen molar-refractivity contribution in [3.05, 3.63) is 69.3 Å². The number of thiophene rings is 1. The van der Waals surface area contributed by atoms with Gasteiger partial charge in [0.05, 0.1) is 6.04 Å². The standard InChI is InChI=1S/C16H13ClFNS/c1-9-2-3-10(7-13(9)17)16(19)15-8-11-6-12(18)4-5-14(11)20-15/h2-8,16H,19H2,1H3. The Labute approximate surface area is 125 Å². The molecule has 0 saturated heterocycles. The van der Waals surface area contributed by atoms with E-state index in [0.29, 0.717) is 5.02 Å². The van der Waals surface area contributed by atoms with Crippen molar-refractivity contribution in [2.75, 3.05) is 0 Å². The van der Waals surface area contributed by atoms with Gasteiger partial charge in [-0.15, -0.1) is 11.3 Å². The zero-order valence-corrected chi connectivity index (χ0v) is 12.4. The Morgan fingerprint density at radius 2 is 1.95 bits per heavy atom. The number of halogens is 2.